The van der Waals surface area contributed by atoms with Gasteiger partial charge in [-0.15, -0.1) is 0 Å². The van der Waals surface area contributed by atoms with E-state index in [2.05, 4.69) is 28.1 Å². The fourth-order valence-corrected chi connectivity index (χ4v) is 4.59. The van der Waals surface area contributed by atoms with Crippen molar-refractivity contribution in [1.82, 2.24) is 5.06 Å². The molecule has 1 aliphatic carbocycles. The molecule has 120 valence electrons. The molecular weight excluding hydrogens is 378 g/mol. The molecule has 2 aromatic carbocycles. The molecule has 5 heteroatoms. The number of aryl methyl sites for hydroxylation is 1. The highest BCUT2D eigenvalue weighted by molar-refractivity contribution is 9.10. The lowest BCUT2D eigenvalue weighted by Gasteiger charge is -2.37. The van der Waals surface area contributed by atoms with Crippen LogP contribution in [0.15, 0.2) is 34.8 Å². The molecule has 0 spiro atoms. The van der Waals surface area contributed by atoms with Crippen molar-refractivity contribution in [3.63, 3.8) is 0 Å². The quantitative estimate of drug-likeness (QED) is 0.691. The minimum absolute atomic E-state index is 0.0329. The molecule has 0 fully saturated rings. The number of hydroxylamine groups is 2. The lowest BCUT2D eigenvalue weighted by molar-refractivity contribution is -0.130. The molecule has 4 rings (SSSR count). The van der Waals surface area contributed by atoms with Gasteiger partial charge in [-0.2, -0.15) is 5.06 Å². The van der Waals surface area contributed by atoms with Crippen LogP contribution in [-0.2, 0) is 12.8 Å². The highest BCUT2D eigenvalue weighted by Gasteiger charge is 2.37. The van der Waals surface area contributed by atoms with E-state index in [0.29, 0.717) is 11.6 Å². The zero-order chi connectivity index (χ0) is 16.1. The molecule has 0 amide bonds. The minimum Gasteiger partial charge on any atom is -0.506 e. The van der Waals surface area contributed by atoms with Crippen molar-refractivity contribution in [2.45, 2.75) is 31.2 Å². The third-order valence-electron chi connectivity index (χ3n) is 5.07. The zero-order valence-electron chi connectivity index (χ0n) is 12.5. The van der Waals surface area contributed by atoms with Gasteiger partial charge >= 0.3 is 0 Å². The van der Waals surface area contributed by atoms with Gasteiger partial charge in [0.15, 0.2) is 0 Å². The molecule has 3 nitrogen and oxygen atoms in total. The van der Waals surface area contributed by atoms with Gasteiger partial charge in [-0.1, -0.05) is 33.6 Å². The number of hydrogen-bond donors (Lipinski definition) is 2. The van der Waals surface area contributed by atoms with Crippen LogP contribution < -0.4 is 0 Å². The number of phenolic OH excluding ortho intramolecular Hbond substituents is 1. The summed E-state index contributed by atoms with van der Waals surface area (Å²) in [6.45, 7) is 0.584. The molecule has 2 aromatic rings. The van der Waals surface area contributed by atoms with E-state index in [0.717, 1.165) is 34.9 Å². The Morgan fingerprint density at radius 1 is 1.09 bits per heavy atom. The Labute approximate surface area is 148 Å². The summed E-state index contributed by atoms with van der Waals surface area (Å²) in [5, 5.41) is 22.5. The van der Waals surface area contributed by atoms with Gasteiger partial charge in [0.25, 0.3) is 0 Å². The predicted molar refractivity (Wildman–Crippen MR) is 93.4 cm³/mol. The number of aromatic hydroxyl groups is 1. The van der Waals surface area contributed by atoms with Gasteiger partial charge in [-0.3, -0.25) is 0 Å². The molecule has 0 aromatic heterocycles. The molecule has 1 aliphatic heterocycles. The van der Waals surface area contributed by atoms with Crippen LogP contribution >= 0.6 is 27.5 Å². The van der Waals surface area contributed by atoms with Gasteiger partial charge in [0.2, 0.25) is 0 Å². The molecule has 0 saturated heterocycles. The Morgan fingerprint density at radius 2 is 1.87 bits per heavy atom. The maximum absolute atomic E-state index is 10.5. The molecule has 2 N–H and O–H groups in total. The van der Waals surface area contributed by atoms with E-state index in [4.69, 9.17) is 11.6 Å². The van der Waals surface area contributed by atoms with Gasteiger partial charge in [0, 0.05) is 23.0 Å². The topological polar surface area (TPSA) is 43.7 Å². The van der Waals surface area contributed by atoms with E-state index in [1.165, 1.54) is 16.2 Å². The first-order chi connectivity index (χ1) is 11.0. The molecular formula is C18H17BrClNO2. The van der Waals surface area contributed by atoms with Gasteiger partial charge in [-0.05, 0) is 65.8 Å². The van der Waals surface area contributed by atoms with Crippen LogP contribution in [-0.4, -0.2) is 28.0 Å². The Morgan fingerprint density at radius 3 is 2.70 bits per heavy atom. The Bertz CT molecular complexity index is 780. The molecule has 0 bridgehead atoms. The summed E-state index contributed by atoms with van der Waals surface area (Å²) in [6, 6.07) is 9.99. The fraction of sp³-hybridized carbons (Fsp3) is 0.333. The number of phenols is 1. The van der Waals surface area contributed by atoms with Gasteiger partial charge in [-0.25, -0.2) is 0 Å². The van der Waals surface area contributed by atoms with Crippen LogP contribution in [0.3, 0.4) is 0 Å². The normalized spacial score (nSPS) is 23.6. The Balaban J connectivity index is 1.94. The van der Waals surface area contributed by atoms with E-state index in [1.54, 1.807) is 6.07 Å². The number of hydrogen-bond acceptors (Lipinski definition) is 3. The highest BCUT2D eigenvalue weighted by atomic mass is 79.9. The summed E-state index contributed by atoms with van der Waals surface area (Å²) in [4.78, 5) is 0. The van der Waals surface area contributed by atoms with Crippen molar-refractivity contribution in [3.05, 3.63) is 62.1 Å². The maximum Gasteiger partial charge on any atom is 0.134 e. The molecule has 1 heterocycles. The first kappa shape index (κ1) is 15.5. The molecule has 2 atom stereocenters. The standard InChI is InChI=1S/C18H17BrClNO2/c19-12-2-3-13-10(7-12)1-4-16-18(13)14-9-17(22)15(20)8-11(14)5-6-21(16)23/h2-3,7-9,16,18,22-23H,1,4-6H2. The lowest BCUT2D eigenvalue weighted by Crippen LogP contribution is -2.40. The molecule has 0 saturated carbocycles. The minimum atomic E-state index is 0.0329. The number of fused-ring (bicyclic) bond motifs is 5. The SMILES string of the molecule is Oc1cc2c(cc1Cl)CCN(O)C1CCc3cc(Br)ccc3C21. The van der Waals surface area contributed by atoms with E-state index < -0.39 is 0 Å². The van der Waals surface area contributed by atoms with E-state index in [9.17, 15) is 10.3 Å². The van der Waals surface area contributed by atoms with Crippen molar-refractivity contribution in [2.24, 2.45) is 0 Å². The van der Waals surface area contributed by atoms with Crippen LogP contribution in [0.4, 0.5) is 0 Å². The van der Waals surface area contributed by atoms with Crippen molar-refractivity contribution in [1.29, 1.82) is 0 Å². The third-order valence-corrected chi connectivity index (χ3v) is 5.87. The second-order valence-corrected chi connectivity index (χ2v) is 7.67. The summed E-state index contributed by atoms with van der Waals surface area (Å²) < 4.78 is 1.07. The first-order valence-electron chi connectivity index (χ1n) is 7.79. The van der Waals surface area contributed by atoms with Crippen LogP contribution in [0.25, 0.3) is 0 Å². The van der Waals surface area contributed by atoms with E-state index in [-0.39, 0.29) is 17.7 Å². The molecule has 2 unspecified atom stereocenters. The summed E-state index contributed by atoms with van der Waals surface area (Å²) in [7, 11) is 0. The van der Waals surface area contributed by atoms with Gasteiger partial charge in [0.1, 0.15) is 5.75 Å². The maximum atomic E-state index is 10.5. The zero-order valence-corrected chi connectivity index (χ0v) is 14.8. The average Bonchev–Trinajstić information content (AvgIpc) is 2.66. The molecule has 23 heavy (non-hydrogen) atoms. The van der Waals surface area contributed by atoms with Crippen LogP contribution in [0.2, 0.25) is 5.02 Å². The van der Waals surface area contributed by atoms with Crippen molar-refractivity contribution in [3.8, 4) is 5.75 Å². The fourth-order valence-electron chi connectivity index (χ4n) is 3.99. The first-order valence-corrected chi connectivity index (χ1v) is 8.97. The van der Waals surface area contributed by atoms with Crippen molar-refractivity contribution < 1.29 is 10.3 Å². The van der Waals surface area contributed by atoms with Crippen molar-refractivity contribution >= 4 is 27.5 Å². The van der Waals surface area contributed by atoms with E-state index >= 15 is 0 Å². The number of halogens is 2. The van der Waals surface area contributed by atoms with Gasteiger partial charge < -0.3 is 10.3 Å². The summed E-state index contributed by atoms with van der Waals surface area (Å²) in [5.74, 6) is 0.164. The van der Waals surface area contributed by atoms with Crippen molar-refractivity contribution in [2.75, 3.05) is 6.54 Å². The Kier molecular flexibility index (Phi) is 3.88. The average molecular weight is 395 g/mol. The number of rotatable bonds is 0. The van der Waals surface area contributed by atoms with Crippen LogP contribution in [0, 0.1) is 0 Å². The largest absolute Gasteiger partial charge is 0.506 e. The summed E-state index contributed by atoms with van der Waals surface area (Å²) in [6.07, 6.45) is 2.57. The smallest absolute Gasteiger partial charge is 0.134 e. The molecule has 0 radical (unpaired) electrons. The van der Waals surface area contributed by atoms with Crippen LogP contribution in [0.1, 0.15) is 34.6 Å². The van der Waals surface area contributed by atoms with E-state index in [1.807, 2.05) is 12.1 Å². The number of nitrogens with zero attached hydrogens (tertiary/aromatic N) is 1. The third kappa shape index (κ3) is 2.58. The van der Waals surface area contributed by atoms with Crippen LogP contribution in [0.5, 0.6) is 5.75 Å². The Hall–Kier alpha value is -1.07. The second-order valence-electron chi connectivity index (χ2n) is 6.34. The summed E-state index contributed by atoms with van der Waals surface area (Å²) in [5.41, 5.74) is 4.72. The highest BCUT2D eigenvalue weighted by Crippen LogP contribution is 2.44. The number of benzene rings is 2. The molecule has 2 aliphatic rings. The monoisotopic (exact) mass is 393 g/mol. The lowest BCUT2D eigenvalue weighted by atomic mass is 9.74. The second kappa shape index (κ2) is 5.78. The van der Waals surface area contributed by atoms with Gasteiger partial charge in [0.05, 0.1) is 5.02 Å². The predicted octanol–water partition coefficient (Wildman–Crippen LogP) is 4.50. The summed E-state index contributed by atoms with van der Waals surface area (Å²) >= 11 is 9.64.